The summed E-state index contributed by atoms with van der Waals surface area (Å²) in [5.74, 6) is 0.720. The van der Waals surface area contributed by atoms with Gasteiger partial charge in [0.15, 0.2) is 0 Å². The average molecular weight is 253 g/mol. The fourth-order valence-corrected chi connectivity index (χ4v) is 2.64. The smallest absolute Gasteiger partial charge is 0.148 e. The molecule has 0 aromatic carbocycles. The summed E-state index contributed by atoms with van der Waals surface area (Å²) in [6.07, 6.45) is 3.91. The van der Waals surface area contributed by atoms with Crippen molar-refractivity contribution in [1.82, 2.24) is 4.98 Å². The summed E-state index contributed by atoms with van der Waals surface area (Å²) in [4.78, 5) is 6.54. The lowest BCUT2D eigenvalue weighted by molar-refractivity contribution is 0.514. The summed E-state index contributed by atoms with van der Waals surface area (Å²) in [6, 6.07) is 1.68. The molecule has 0 saturated carbocycles. The molecule has 0 spiro atoms. The highest BCUT2D eigenvalue weighted by atomic mass is 35.5. The van der Waals surface area contributed by atoms with Crippen molar-refractivity contribution in [3.8, 4) is 0 Å². The van der Waals surface area contributed by atoms with Crippen LogP contribution in [0.15, 0.2) is 12.3 Å². The van der Waals surface area contributed by atoms with Gasteiger partial charge >= 0.3 is 0 Å². The van der Waals surface area contributed by atoms with Gasteiger partial charge in [0.1, 0.15) is 11.7 Å². The summed E-state index contributed by atoms with van der Waals surface area (Å²) in [7, 11) is 0. The number of aromatic nitrogens is 1. The minimum absolute atomic E-state index is 0.0179. The Morgan fingerprint density at radius 3 is 2.82 bits per heavy atom. The van der Waals surface area contributed by atoms with Gasteiger partial charge in [-0.2, -0.15) is 0 Å². The first-order valence-electron chi connectivity index (χ1n) is 5.70. The zero-order chi connectivity index (χ0) is 12.6. The van der Waals surface area contributed by atoms with E-state index in [0.717, 1.165) is 25.2 Å². The van der Waals surface area contributed by atoms with Crippen LogP contribution in [0.3, 0.4) is 0 Å². The van der Waals surface area contributed by atoms with E-state index < -0.39 is 0 Å². The normalized spacial score (nSPS) is 18.4. The second kappa shape index (κ2) is 4.18. The van der Waals surface area contributed by atoms with Crippen LogP contribution >= 0.6 is 11.6 Å². The first-order valence-corrected chi connectivity index (χ1v) is 6.08. The van der Waals surface area contributed by atoms with Crippen molar-refractivity contribution < 1.29 is 0 Å². The Morgan fingerprint density at radius 2 is 2.29 bits per heavy atom. The molecule has 0 radical (unpaired) electrons. The molecule has 0 amide bonds. The van der Waals surface area contributed by atoms with Gasteiger partial charge in [0, 0.05) is 23.8 Å². The lowest BCUT2D eigenvalue weighted by atomic mass is 10.0. The van der Waals surface area contributed by atoms with Gasteiger partial charge in [0.2, 0.25) is 0 Å². The second-order valence-electron chi connectivity index (χ2n) is 4.98. The van der Waals surface area contributed by atoms with Crippen LogP contribution in [0, 0.1) is 5.41 Å². The van der Waals surface area contributed by atoms with E-state index in [1.807, 2.05) is 0 Å². The quantitative estimate of drug-likeness (QED) is 0.627. The molecule has 3 N–H and O–H groups in total. The van der Waals surface area contributed by atoms with Gasteiger partial charge in [0.25, 0.3) is 0 Å². The van der Waals surface area contributed by atoms with Crippen LogP contribution in [0.1, 0.15) is 32.3 Å². The van der Waals surface area contributed by atoms with E-state index in [9.17, 15) is 0 Å². The first-order chi connectivity index (χ1) is 7.93. The average Bonchev–Trinajstić information content (AvgIpc) is 2.58. The molecule has 0 bridgehead atoms. The first kappa shape index (κ1) is 12.2. The molecule has 2 heterocycles. The lowest BCUT2D eigenvalue weighted by Gasteiger charge is -2.33. The highest BCUT2D eigenvalue weighted by Crippen LogP contribution is 2.37. The molecule has 4 nitrogen and oxygen atoms in total. The number of nitrogens with one attached hydrogen (secondary N) is 1. The van der Waals surface area contributed by atoms with Crippen molar-refractivity contribution in [1.29, 1.82) is 5.41 Å². The molecule has 0 unspecified atom stereocenters. The highest BCUT2D eigenvalue weighted by molar-refractivity contribution is 6.36. The van der Waals surface area contributed by atoms with Crippen molar-refractivity contribution in [2.24, 2.45) is 5.73 Å². The van der Waals surface area contributed by atoms with E-state index in [1.54, 1.807) is 12.3 Å². The van der Waals surface area contributed by atoms with Gasteiger partial charge in [-0.3, -0.25) is 5.41 Å². The van der Waals surface area contributed by atoms with Gasteiger partial charge in [-0.05, 0) is 32.8 Å². The Bertz CT molecular complexity index is 456. The number of rotatable bonds is 2. The summed E-state index contributed by atoms with van der Waals surface area (Å²) >= 11 is 6.29. The number of anilines is 1. The standard InChI is InChI=1S/C12H17ClN4/c1-12(2)5-3-7-17(12)11-9(13)8(10(14)15)4-6-16-11/h4,6H,3,5,7H2,1-2H3,(H3,14,15). The molecule has 2 rings (SSSR count). The molecule has 17 heavy (non-hydrogen) atoms. The van der Waals surface area contributed by atoms with Gasteiger partial charge in [-0.15, -0.1) is 0 Å². The maximum absolute atomic E-state index is 7.49. The summed E-state index contributed by atoms with van der Waals surface area (Å²) in [5.41, 5.74) is 6.12. The monoisotopic (exact) mass is 252 g/mol. The molecule has 1 fully saturated rings. The molecule has 1 saturated heterocycles. The Balaban J connectivity index is 2.46. The van der Waals surface area contributed by atoms with Crippen LogP contribution in [0.2, 0.25) is 5.02 Å². The molecule has 1 aliphatic heterocycles. The third-order valence-electron chi connectivity index (χ3n) is 3.32. The predicted molar refractivity (Wildman–Crippen MR) is 70.9 cm³/mol. The van der Waals surface area contributed by atoms with E-state index >= 15 is 0 Å². The van der Waals surface area contributed by atoms with E-state index in [-0.39, 0.29) is 11.4 Å². The minimum Gasteiger partial charge on any atom is -0.384 e. The summed E-state index contributed by atoms with van der Waals surface area (Å²) in [6.45, 7) is 5.30. The molecule has 1 aromatic heterocycles. The molecular weight excluding hydrogens is 236 g/mol. The van der Waals surface area contributed by atoms with Crippen molar-refractivity contribution in [3.63, 3.8) is 0 Å². The number of amidine groups is 1. The molecule has 0 aliphatic carbocycles. The number of nitrogen functional groups attached to an aromatic ring is 1. The number of nitrogens with two attached hydrogens (primary N) is 1. The zero-order valence-electron chi connectivity index (χ0n) is 10.1. The fraction of sp³-hybridized carbons (Fsp3) is 0.500. The Kier molecular flexibility index (Phi) is 3.00. The lowest BCUT2D eigenvalue weighted by Crippen LogP contribution is -2.39. The van der Waals surface area contributed by atoms with E-state index in [0.29, 0.717) is 10.6 Å². The molecule has 1 aliphatic rings. The van der Waals surface area contributed by atoms with Crippen LogP contribution < -0.4 is 10.6 Å². The molecule has 5 heteroatoms. The number of hydrogen-bond donors (Lipinski definition) is 2. The van der Waals surface area contributed by atoms with Crippen LogP contribution in [0.25, 0.3) is 0 Å². The van der Waals surface area contributed by atoms with Crippen molar-refractivity contribution >= 4 is 23.3 Å². The van der Waals surface area contributed by atoms with E-state index in [2.05, 4.69) is 23.7 Å². The van der Waals surface area contributed by atoms with Crippen molar-refractivity contribution in [3.05, 3.63) is 22.8 Å². The Hall–Kier alpha value is -1.29. The molecule has 1 aromatic rings. The maximum atomic E-state index is 7.49. The van der Waals surface area contributed by atoms with Gasteiger partial charge in [-0.1, -0.05) is 11.6 Å². The van der Waals surface area contributed by atoms with Gasteiger partial charge < -0.3 is 10.6 Å². The van der Waals surface area contributed by atoms with E-state index in [1.165, 1.54) is 0 Å². The number of hydrogen-bond acceptors (Lipinski definition) is 3. The predicted octanol–water partition coefficient (Wildman–Crippen LogP) is 2.40. The third-order valence-corrected chi connectivity index (χ3v) is 3.69. The topological polar surface area (TPSA) is 66.0 Å². The van der Waals surface area contributed by atoms with E-state index in [4.69, 9.17) is 22.7 Å². The SMILES string of the molecule is CC1(C)CCCN1c1nccc(C(=N)N)c1Cl. The molecule has 0 atom stereocenters. The number of pyridine rings is 1. The van der Waals surface area contributed by atoms with Crippen molar-refractivity contribution in [2.45, 2.75) is 32.2 Å². The number of halogens is 1. The third kappa shape index (κ3) is 2.09. The minimum atomic E-state index is -0.0179. The van der Waals surface area contributed by atoms with Crippen LogP contribution in [-0.4, -0.2) is 22.9 Å². The van der Waals surface area contributed by atoms with Crippen LogP contribution in [0.4, 0.5) is 5.82 Å². The Morgan fingerprint density at radius 1 is 1.59 bits per heavy atom. The van der Waals surface area contributed by atoms with Crippen molar-refractivity contribution in [2.75, 3.05) is 11.4 Å². The second-order valence-corrected chi connectivity index (χ2v) is 5.36. The van der Waals surface area contributed by atoms with Crippen LogP contribution in [0.5, 0.6) is 0 Å². The number of nitrogens with zero attached hydrogens (tertiary/aromatic N) is 2. The molecule has 92 valence electrons. The van der Waals surface area contributed by atoms with Gasteiger partial charge in [0.05, 0.1) is 5.02 Å². The Labute approximate surface area is 106 Å². The zero-order valence-corrected chi connectivity index (χ0v) is 10.9. The summed E-state index contributed by atoms with van der Waals surface area (Å²) in [5, 5.41) is 7.97. The fourth-order valence-electron chi connectivity index (χ4n) is 2.33. The summed E-state index contributed by atoms with van der Waals surface area (Å²) < 4.78 is 0. The molecular formula is C12H17ClN4. The van der Waals surface area contributed by atoms with Crippen LogP contribution in [-0.2, 0) is 0 Å². The van der Waals surface area contributed by atoms with Gasteiger partial charge in [-0.25, -0.2) is 4.98 Å². The largest absolute Gasteiger partial charge is 0.384 e. The maximum Gasteiger partial charge on any atom is 0.148 e. The highest BCUT2D eigenvalue weighted by Gasteiger charge is 2.34.